The van der Waals surface area contributed by atoms with Crippen LogP contribution in [0.1, 0.15) is 34.6 Å². The molecule has 0 spiro atoms. The SMILES string of the molecule is CC1CNCC1C(=O)NC(C)(C)C(C)(C)O. The molecule has 0 aromatic rings. The van der Waals surface area contributed by atoms with Crippen LogP contribution in [0.25, 0.3) is 0 Å². The van der Waals surface area contributed by atoms with Crippen LogP contribution < -0.4 is 10.6 Å². The molecule has 1 saturated heterocycles. The Hall–Kier alpha value is -0.610. The maximum Gasteiger partial charge on any atom is 0.225 e. The van der Waals surface area contributed by atoms with Crippen LogP contribution in [0.2, 0.25) is 0 Å². The first-order chi connectivity index (χ1) is 7.15. The summed E-state index contributed by atoms with van der Waals surface area (Å²) in [6.45, 7) is 10.8. The largest absolute Gasteiger partial charge is 0.388 e. The highest BCUT2D eigenvalue weighted by Crippen LogP contribution is 2.23. The maximum atomic E-state index is 12.1. The van der Waals surface area contributed by atoms with Crippen LogP contribution >= 0.6 is 0 Å². The molecule has 1 fully saturated rings. The van der Waals surface area contributed by atoms with Crippen molar-refractivity contribution in [2.75, 3.05) is 13.1 Å². The third kappa shape index (κ3) is 2.74. The minimum absolute atomic E-state index is 0.0154. The highest BCUT2D eigenvalue weighted by Gasteiger charge is 2.39. The Kier molecular flexibility index (Phi) is 3.65. The molecule has 4 heteroatoms. The summed E-state index contributed by atoms with van der Waals surface area (Å²) in [6.07, 6.45) is 0. The first-order valence-electron chi connectivity index (χ1n) is 5.90. The zero-order valence-corrected chi connectivity index (χ0v) is 10.9. The minimum Gasteiger partial charge on any atom is -0.388 e. The van der Waals surface area contributed by atoms with Crippen molar-refractivity contribution in [3.63, 3.8) is 0 Å². The van der Waals surface area contributed by atoms with Crippen LogP contribution in [-0.2, 0) is 4.79 Å². The Morgan fingerprint density at radius 2 is 1.88 bits per heavy atom. The van der Waals surface area contributed by atoms with E-state index in [1.807, 2.05) is 13.8 Å². The van der Waals surface area contributed by atoms with Crippen LogP contribution in [0.4, 0.5) is 0 Å². The summed E-state index contributed by atoms with van der Waals surface area (Å²) in [5.74, 6) is 0.406. The van der Waals surface area contributed by atoms with Crippen molar-refractivity contribution in [1.29, 1.82) is 0 Å². The van der Waals surface area contributed by atoms with Gasteiger partial charge in [0.25, 0.3) is 0 Å². The van der Waals surface area contributed by atoms with Crippen molar-refractivity contribution < 1.29 is 9.90 Å². The van der Waals surface area contributed by atoms with Crippen LogP contribution in [0.5, 0.6) is 0 Å². The molecular weight excluding hydrogens is 204 g/mol. The molecule has 0 saturated carbocycles. The van der Waals surface area contributed by atoms with Crippen LogP contribution in [0, 0.1) is 11.8 Å². The van der Waals surface area contributed by atoms with Gasteiger partial charge in [-0.2, -0.15) is 0 Å². The van der Waals surface area contributed by atoms with Gasteiger partial charge in [-0.3, -0.25) is 4.79 Å². The molecule has 1 amide bonds. The van der Waals surface area contributed by atoms with E-state index in [2.05, 4.69) is 17.6 Å². The molecule has 1 aliphatic heterocycles. The molecule has 1 aliphatic rings. The first-order valence-corrected chi connectivity index (χ1v) is 5.90. The molecule has 0 aliphatic carbocycles. The first kappa shape index (κ1) is 13.5. The third-order valence-corrected chi connectivity index (χ3v) is 3.82. The number of hydrogen-bond acceptors (Lipinski definition) is 3. The van der Waals surface area contributed by atoms with E-state index < -0.39 is 11.1 Å². The third-order valence-electron chi connectivity index (χ3n) is 3.82. The van der Waals surface area contributed by atoms with E-state index in [4.69, 9.17) is 0 Å². The second-order valence-electron chi connectivity index (χ2n) is 5.92. The van der Waals surface area contributed by atoms with Gasteiger partial charge >= 0.3 is 0 Å². The Labute approximate surface area is 97.8 Å². The molecule has 3 N–H and O–H groups in total. The fourth-order valence-electron chi connectivity index (χ4n) is 1.71. The van der Waals surface area contributed by atoms with Gasteiger partial charge in [0, 0.05) is 6.54 Å². The summed E-state index contributed by atoms with van der Waals surface area (Å²) in [6, 6.07) is 0. The van der Waals surface area contributed by atoms with Gasteiger partial charge in [-0.15, -0.1) is 0 Å². The molecule has 0 bridgehead atoms. The fourth-order valence-corrected chi connectivity index (χ4v) is 1.71. The Balaban J connectivity index is 2.64. The molecule has 94 valence electrons. The number of carbonyl (C=O) groups excluding carboxylic acids is 1. The number of carbonyl (C=O) groups is 1. The molecule has 1 heterocycles. The van der Waals surface area contributed by atoms with Gasteiger partial charge in [-0.1, -0.05) is 6.92 Å². The highest BCUT2D eigenvalue weighted by molar-refractivity contribution is 5.80. The smallest absolute Gasteiger partial charge is 0.225 e. The molecule has 0 radical (unpaired) electrons. The number of amides is 1. The summed E-state index contributed by atoms with van der Waals surface area (Å²) in [5.41, 5.74) is -1.55. The second-order valence-corrected chi connectivity index (χ2v) is 5.92. The lowest BCUT2D eigenvalue weighted by Crippen LogP contribution is -2.59. The summed E-state index contributed by atoms with van der Waals surface area (Å²) in [4.78, 5) is 12.1. The van der Waals surface area contributed by atoms with Gasteiger partial charge in [0.1, 0.15) is 0 Å². The van der Waals surface area contributed by atoms with Crippen molar-refractivity contribution in [2.45, 2.75) is 45.8 Å². The van der Waals surface area contributed by atoms with Crippen molar-refractivity contribution >= 4 is 5.91 Å². The van der Waals surface area contributed by atoms with Gasteiger partial charge in [0.15, 0.2) is 0 Å². The number of nitrogens with one attached hydrogen (secondary N) is 2. The van der Waals surface area contributed by atoms with E-state index in [9.17, 15) is 9.90 Å². The van der Waals surface area contributed by atoms with E-state index in [0.29, 0.717) is 5.92 Å². The molecule has 2 atom stereocenters. The predicted octanol–water partition coefficient (Wildman–Crippen LogP) is 0.508. The predicted molar refractivity (Wildman–Crippen MR) is 64.0 cm³/mol. The van der Waals surface area contributed by atoms with Gasteiger partial charge in [-0.05, 0) is 40.2 Å². The van der Waals surface area contributed by atoms with Crippen LogP contribution in [-0.4, -0.2) is 35.2 Å². The van der Waals surface area contributed by atoms with Gasteiger partial charge in [-0.25, -0.2) is 0 Å². The Morgan fingerprint density at radius 3 is 2.25 bits per heavy atom. The summed E-state index contributed by atoms with van der Waals surface area (Å²) >= 11 is 0. The van der Waals surface area contributed by atoms with Crippen molar-refractivity contribution in [3.05, 3.63) is 0 Å². The normalized spacial score (nSPS) is 26.9. The average Bonchev–Trinajstić information content (AvgIpc) is 2.48. The maximum absolute atomic E-state index is 12.1. The number of rotatable bonds is 3. The number of hydrogen-bond donors (Lipinski definition) is 3. The lowest BCUT2D eigenvalue weighted by molar-refractivity contribution is -0.130. The fraction of sp³-hybridized carbons (Fsp3) is 0.917. The zero-order valence-electron chi connectivity index (χ0n) is 10.9. The highest BCUT2D eigenvalue weighted by atomic mass is 16.3. The lowest BCUT2D eigenvalue weighted by atomic mass is 9.85. The standard InChI is InChI=1S/C12H24N2O2/c1-8-6-13-7-9(8)10(15)14-11(2,3)12(4,5)16/h8-9,13,16H,6-7H2,1-5H3,(H,14,15). The average molecular weight is 228 g/mol. The van der Waals surface area contributed by atoms with Crippen molar-refractivity contribution in [1.82, 2.24) is 10.6 Å². The zero-order chi connectivity index (χ0) is 12.6. The quantitative estimate of drug-likeness (QED) is 0.659. The molecule has 4 nitrogen and oxygen atoms in total. The van der Waals surface area contributed by atoms with Crippen molar-refractivity contribution in [2.24, 2.45) is 11.8 Å². The Morgan fingerprint density at radius 1 is 1.31 bits per heavy atom. The van der Waals surface area contributed by atoms with Crippen molar-refractivity contribution in [3.8, 4) is 0 Å². The molecule has 16 heavy (non-hydrogen) atoms. The van der Waals surface area contributed by atoms with Crippen LogP contribution in [0.3, 0.4) is 0 Å². The second kappa shape index (κ2) is 4.34. The molecule has 0 aromatic carbocycles. The van der Waals surface area contributed by atoms with Gasteiger partial charge in [0.2, 0.25) is 5.91 Å². The monoisotopic (exact) mass is 228 g/mol. The summed E-state index contributed by atoms with van der Waals surface area (Å²) in [7, 11) is 0. The summed E-state index contributed by atoms with van der Waals surface area (Å²) in [5, 5.41) is 16.1. The van der Waals surface area contributed by atoms with E-state index >= 15 is 0 Å². The van der Waals surface area contributed by atoms with Gasteiger partial charge < -0.3 is 15.7 Å². The van der Waals surface area contributed by atoms with E-state index in [1.54, 1.807) is 13.8 Å². The molecule has 1 rings (SSSR count). The summed E-state index contributed by atoms with van der Waals surface area (Å²) < 4.78 is 0. The Bertz CT molecular complexity index is 269. The van der Waals surface area contributed by atoms with Crippen LogP contribution in [0.15, 0.2) is 0 Å². The minimum atomic E-state index is -0.933. The van der Waals surface area contributed by atoms with E-state index in [0.717, 1.165) is 13.1 Å². The number of aliphatic hydroxyl groups is 1. The topological polar surface area (TPSA) is 61.4 Å². The lowest BCUT2D eigenvalue weighted by Gasteiger charge is -2.38. The molecule has 2 unspecified atom stereocenters. The molecular formula is C12H24N2O2. The molecule has 0 aromatic heterocycles. The van der Waals surface area contributed by atoms with Gasteiger partial charge in [0.05, 0.1) is 17.1 Å². The van der Waals surface area contributed by atoms with E-state index in [-0.39, 0.29) is 11.8 Å². The van der Waals surface area contributed by atoms with E-state index in [1.165, 1.54) is 0 Å².